The van der Waals surface area contributed by atoms with Gasteiger partial charge in [-0.05, 0) is 25.0 Å². The van der Waals surface area contributed by atoms with Crippen LogP contribution in [-0.4, -0.2) is 31.2 Å². The van der Waals surface area contributed by atoms with Gasteiger partial charge in [0.25, 0.3) is 0 Å². The Hall–Kier alpha value is -2.37. The molecule has 0 unspecified atom stereocenters. The summed E-state index contributed by atoms with van der Waals surface area (Å²) in [6, 6.07) is 8.45. The summed E-state index contributed by atoms with van der Waals surface area (Å²) >= 11 is 0. The number of ether oxygens (including phenoxy) is 2. The Morgan fingerprint density at radius 2 is 1.77 bits per heavy atom. The SMILES string of the molecule is CCCC(=O)NCCCC(=O)OCOC(=O)c1ccccc1. The molecule has 6 nitrogen and oxygen atoms in total. The molecule has 0 heterocycles. The van der Waals surface area contributed by atoms with Crippen LogP contribution >= 0.6 is 0 Å². The molecule has 1 aromatic carbocycles. The molecule has 1 N–H and O–H groups in total. The third-order valence-electron chi connectivity index (χ3n) is 2.78. The molecule has 6 heteroatoms. The molecular formula is C16H21NO5. The Labute approximate surface area is 129 Å². The molecule has 0 aromatic heterocycles. The maximum Gasteiger partial charge on any atom is 0.340 e. The van der Waals surface area contributed by atoms with Gasteiger partial charge in [-0.25, -0.2) is 4.79 Å². The number of rotatable bonds is 9. The van der Waals surface area contributed by atoms with Crippen molar-refractivity contribution >= 4 is 17.8 Å². The maximum absolute atomic E-state index is 11.6. The van der Waals surface area contributed by atoms with Gasteiger partial charge < -0.3 is 14.8 Å². The molecule has 0 aliphatic heterocycles. The highest BCUT2D eigenvalue weighted by Gasteiger charge is 2.08. The van der Waals surface area contributed by atoms with Gasteiger partial charge in [0.2, 0.25) is 12.7 Å². The Bertz CT molecular complexity index is 487. The molecule has 0 radical (unpaired) electrons. The fraction of sp³-hybridized carbons (Fsp3) is 0.438. The van der Waals surface area contributed by atoms with Gasteiger partial charge in [0.15, 0.2) is 0 Å². The zero-order valence-corrected chi connectivity index (χ0v) is 12.7. The van der Waals surface area contributed by atoms with Crippen LogP contribution in [-0.2, 0) is 19.1 Å². The van der Waals surface area contributed by atoms with E-state index in [-0.39, 0.29) is 12.3 Å². The van der Waals surface area contributed by atoms with Crippen LogP contribution in [0, 0.1) is 0 Å². The fourth-order valence-electron chi connectivity index (χ4n) is 1.65. The van der Waals surface area contributed by atoms with Gasteiger partial charge in [-0.2, -0.15) is 0 Å². The summed E-state index contributed by atoms with van der Waals surface area (Å²) in [4.78, 5) is 34.2. The van der Waals surface area contributed by atoms with Crippen molar-refractivity contribution in [3.8, 4) is 0 Å². The number of amides is 1. The highest BCUT2D eigenvalue weighted by molar-refractivity contribution is 5.89. The highest BCUT2D eigenvalue weighted by Crippen LogP contribution is 2.01. The Kier molecular flexibility index (Phi) is 8.33. The van der Waals surface area contributed by atoms with Gasteiger partial charge in [0.05, 0.1) is 5.56 Å². The molecule has 22 heavy (non-hydrogen) atoms. The summed E-state index contributed by atoms with van der Waals surface area (Å²) in [5, 5.41) is 2.70. The van der Waals surface area contributed by atoms with Gasteiger partial charge in [-0.3, -0.25) is 9.59 Å². The van der Waals surface area contributed by atoms with Gasteiger partial charge in [0.1, 0.15) is 0 Å². The standard InChI is InChI=1S/C16H21NO5/c1-2-7-14(18)17-11-6-10-15(19)21-12-22-16(20)13-8-4-3-5-9-13/h3-5,8-9H,2,6-7,10-12H2,1H3,(H,17,18). The van der Waals surface area contributed by atoms with Crippen LogP contribution in [0.5, 0.6) is 0 Å². The lowest BCUT2D eigenvalue weighted by atomic mass is 10.2. The van der Waals surface area contributed by atoms with Crippen LogP contribution in [0.2, 0.25) is 0 Å². The Balaban J connectivity index is 2.09. The first-order valence-corrected chi connectivity index (χ1v) is 7.28. The molecule has 1 aromatic rings. The molecule has 0 fully saturated rings. The first-order valence-electron chi connectivity index (χ1n) is 7.28. The number of nitrogens with one attached hydrogen (secondary N) is 1. The highest BCUT2D eigenvalue weighted by atomic mass is 16.7. The van der Waals surface area contributed by atoms with Crippen molar-refractivity contribution < 1.29 is 23.9 Å². The van der Waals surface area contributed by atoms with E-state index in [1.807, 2.05) is 6.92 Å². The monoisotopic (exact) mass is 307 g/mol. The number of hydrogen-bond acceptors (Lipinski definition) is 5. The molecule has 0 spiro atoms. The molecule has 0 aliphatic rings. The molecular weight excluding hydrogens is 286 g/mol. The second kappa shape index (κ2) is 10.4. The Morgan fingerprint density at radius 1 is 1.05 bits per heavy atom. The van der Waals surface area contributed by atoms with E-state index in [4.69, 9.17) is 9.47 Å². The first-order chi connectivity index (χ1) is 10.6. The number of esters is 2. The van der Waals surface area contributed by atoms with Gasteiger partial charge >= 0.3 is 11.9 Å². The van der Waals surface area contributed by atoms with Crippen LogP contribution in [0.1, 0.15) is 43.0 Å². The number of hydrogen-bond donors (Lipinski definition) is 1. The number of carbonyl (C=O) groups excluding carboxylic acids is 3. The number of carbonyl (C=O) groups is 3. The van der Waals surface area contributed by atoms with Gasteiger partial charge in [0, 0.05) is 19.4 Å². The average Bonchev–Trinajstić information content (AvgIpc) is 2.52. The summed E-state index contributed by atoms with van der Waals surface area (Å²) in [7, 11) is 0. The summed E-state index contributed by atoms with van der Waals surface area (Å²) < 4.78 is 9.62. The van der Waals surface area contributed by atoms with E-state index in [0.717, 1.165) is 6.42 Å². The predicted octanol–water partition coefficient (Wildman–Crippen LogP) is 2.04. The van der Waals surface area contributed by atoms with Crippen LogP contribution in [0.4, 0.5) is 0 Å². The van der Waals surface area contributed by atoms with Crippen molar-refractivity contribution in [2.75, 3.05) is 13.3 Å². The third kappa shape index (κ3) is 7.42. The van der Waals surface area contributed by atoms with Crippen molar-refractivity contribution in [3.63, 3.8) is 0 Å². The Morgan fingerprint density at radius 3 is 2.45 bits per heavy atom. The molecule has 0 saturated heterocycles. The molecule has 1 amide bonds. The maximum atomic E-state index is 11.6. The lowest BCUT2D eigenvalue weighted by Gasteiger charge is -2.07. The largest absolute Gasteiger partial charge is 0.428 e. The second-order valence-corrected chi connectivity index (χ2v) is 4.64. The van der Waals surface area contributed by atoms with E-state index in [1.54, 1.807) is 30.3 Å². The summed E-state index contributed by atoms with van der Waals surface area (Å²) in [6.07, 6.45) is 1.93. The van der Waals surface area contributed by atoms with E-state index in [9.17, 15) is 14.4 Å². The summed E-state index contributed by atoms with van der Waals surface area (Å²) in [5.74, 6) is -1.03. The molecule has 120 valence electrons. The van der Waals surface area contributed by atoms with Crippen LogP contribution in [0.3, 0.4) is 0 Å². The minimum Gasteiger partial charge on any atom is -0.428 e. The van der Waals surface area contributed by atoms with Crippen molar-refractivity contribution in [2.24, 2.45) is 0 Å². The van der Waals surface area contributed by atoms with Gasteiger partial charge in [-0.1, -0.05) is 25.1 Å². The molecule has 1 rings (SSSR count). The zero-order valence-electron chi connectivity index (χ0n) is 12.7. The van der Waals surface area contributed by atoms with Crippen LogP contribution < -0.4 is 5.32 Å². The topological polar surface area (TPSA) is 81.7 Å². The van der Waals surface area contributed by atoms with E-state index < -0.39 is 18.7 Å². The van der Waals surface area contributed by atoms with Gasteiger partial charge in [-0.15, -0.1) is 0 Å². The van der Waals surface area contributed by atoms with Crippen molar-refractivity contribution in [2.45, 2.75) is 32.6 Å². The molecule has 0 saturated carbocycles. The fourth-order valence-corrected chi connectivity index (χ4v) is 1.65. The van der Waals surface area contributed by atoms with E-state index in [2.05, 4.69) is 5.32 Å². The minimum atomic E-state index is -0.541. The average molecular weight is 307 g/mol. The van der Waals surface area contributed by atoms with E-state index in [1.165, 1.54) is 0 Å². The summed E-state index contributed by atoms with van der Waals surface area (Å²) in [6.45, 7) is 1.94. The van der Waals surface area contributed by atoms with Crippen molar-refractivity contribution in [3.05, 3.63) is 35.9 Å². The quantitative estimate of drug-likeness (QED) is 0.429. The minimum absolute atomic E-state index is 0.0207. The smallest absolute Gasteiger partial charge is 0.340 e. The van der Waals surface area contributed by atoms with Crippen molar-refractivity contribution in [1.82, 2.24) is 5.32 Å². The lowest BCUT2D eigenvalue weighted by Crippen LogP contribution is -2.24. The van der Waals surface area contributed by atoms with E-state index >= 15 is 0 Å². The second-order valence-electron chi connectivity index (χ2n) is 4.64. The summed E-state index contributed by atoms with van der Waals surface area (Å²) in [5.41, 5.74) is 0.400. The molecule has 0 aliphatic carbocycles. The van der Waals surface area contributed by atoms with Crippen LogP contribution in [0.15, 0.2) is 30.3 Å². The van der Waals surface area contributed by atoms with Crippen LogP contribution in [0.25, 0.3) is 0 Å². The lowest BCUT2D eigenvalue weighted by molar-refractivity contribution is -0.152. The molecule has 0 bridgehead atoms. The molecule has 0 atom stereocenters. The third-order valence-corrected chi connectivity index (χ3v) is 2.78. The van der Waals surface area contributed by atoms with Crippen molar-refractivity contribution in [1.29, 1.82) is 0 Å². The number of benzene rings is 1. The van der Waals surface area contributed by atoms with E-state index in [0.29, 0.717) is 24.9 Å². The predicted molar refractivity (Wildman–Crippen MR) is 80.0 cm³/mol. The zero-order chi connectivity index (χ0) is 16.2. The first kappa shape index (κ1) is 17.7. The normalized spacial score (nSPS) is 9.86.